The van der Waals surface area contributed by atoms with E-state index in [4.69, 9.17) is 23.2 Å². The zero-order valence-corrected chi connectivity index (χ0v) is 17.8. The summed E-state index contributed by atoms with van der Waals surface area (Å²) in [5.74, 6) is 0. The van der Waals surface area contributed by atoms with E-state index in [-0.39, 0.29) is 17.6 Å². The molecule has 0 atom stereocenters. The minimum absolute atomic E-state index is 0.103. The SMILES string of the molecule is O=c1c2ccccc2sn1C1CN(C(c2ccc(Cl)cc2)c2ccc(Cl)cc2)C1. The molecule has 0 N–H and O–H groups in total. The number of aromatic nitrogens is 1. The summed E-state index contributed by atoms with van der Waals surface area (Å²) in [5, 5.41) is 2.26. The maximum absolute atomic E-state index is 12.8. The zero-order chi connectivity index (χ0) is 20.0. The van der Waals surface area contributed by atoms with Gasteiger partial charge in [0.25, 0.3) is 5.56 Å². The van der Waals surface area contributed by atoms with Crippen LogP contribution >= 0.6 is 34.7 Å². The predicted molar refractivity (Wildman–Crippen MR) is 121 cm³/mol. The first-order valence-electron chi connectivity index (χ1n) is 9.46. The molecule has 3 aromatic carbocycles. The fraction of sp³-hybridized carbons (Fsp3) is 0.174. The van der Waals surface area contributed by atoms with Crippen molar-refractivity contribution >= 4 is 44.8 Å². The largest absolute Gasteiger partial charge is 0.288 e. The highest BCUT2D eigenvalue weighted by molar-refractivity contribution is 7.13. The Bertz CT molecular complexity index is 1160. The summed E-state index contributed by atoms with van der Waals surface area (Å²) in [7, 11) is 0. The van der Waals surface area contributed by atoms with Gasteiger partial charge in [0.15, 0.2) is 0 Å². The predicted octanol–water partition coefficient (Wildman–Crippen LogP) is 6.02. The van der Waals surface area contributed by atoms with Crippen molar-refractivity contribution in [1.29, 1.82) is 0 Å². The van der Waals surface area contributed by atoms with Crippen LogP contribution in [0.5, 0.6) is 0 Å². The van der Waals surface area contributed by atoms with Crippen LogP contribution in [0.15, 0.2) is 77.6 Å². The molecule has 6 heteroatoms. The molecule has 29 heavy (non-hydrogen) atoms. The van der Waals surface area contributed by atoms with Crippen molar-refractivity contribution < 1.29 is 0 Å². The topological polar surface area (TPSA) is 25.2 Å². The van der Waals surface area contributed by atoms with E-state index in [0.717, 1.165) is 33.2 Å². The van der Waals surface area contributed by atoms with Gasteiger partial charge in [0, 0.05) is 23.1 Å². The third-order valence-corrected chi connectivity index (χ3v) is 7.19. The molecule has 0 aliphatic carbocycles. The zero-order valence-electron chi connectivity index (χ0n) is 15.5. The fourth-order valence-corrected chi connectivity index (χ4v) is 5.30. The van der Waals surface area contributed by atoms with Gasteiger partial charge in [-0.15, -0.1) is 0 Å². The average molecular weight is 441 g/mol. The Kier molecular flexibility index (Phi) is 4.96. The van der Waals surface area contributed by atoms with Gasteiger partial charge < -0.3 is 0 Å². The quantitative estimate of drug-likeness (QED) is 0.387. The second-order valence-corrected chi connectivity index (χ2v) is 9.22. The van der Waals surface area contributed by atoms with E-state index in [2.05, 4.69) is 29.2 Å². The number of benzene rings is 3. The molecule has 1 aromatic heterocycles. The maximum atomic E-state index is 12.8. The van der Waals surface area contributed by atoms with Crippen molar-refractivity contribution in [2.75, 3.05) is 13.1 Å². The number of fused-ring (bicyclic) bond motifs is 1. The minimum Gasteiger partial charge on any atom is -0.288 e. The number of nitrogens with zero attached hydrogens (tertiary/aromatic N) is 2. The summed E-state index contributed by atoms with van der Waals surface area (Å²) in [6, 6.07) is 24.1. The Hall–Kier alpha value is -2.11. The van der Waals surface area contributed by atoms with Crippen LogP contribution in [0.2, 0.25) is 10.0 Å². The first-order chi connectivity index (χ1) is 14.1. The highest BCUT2D eigenvalue weighted by atomic mass is 35.5. The molecule has 0 spiro atoms. The summed E-state index contributed by atoms with van der Waals surface area (Å²) in [5.41, 5.74) is 2.47. The highest BCUT2D eigenvalue weighted by Gasteiger charge is 2.36. The lowest BCUT2D eigenvalue weighted by molar-refractivity contribution is 0.0795. The van der Waals surface area contributed by atoms with Gasteiger partial charge in [0.1, 0.15) is 0 Å². The summed E-state index contributed by atoms with van der Waals surface area (Å²) in [6.45, 7) is 1.64. The number of likely N-dealkylation sites (tertiary alicyclic amines) is 1. The number of rotatable bonds is 4. The first-order valence-corrected chi connectivity index (χ1v) is 11.0. The molecule has 1 saturated heterocycles. The van der Waals surface area contributed by atoms with Gasteiger partial charge in [0.2, 0.25) is 0 Å². The molecule has 2 heterocycles. The van der Waals surface area contributed by atoms with Crippen molar-refractivity contribution in [1.82, 2.24) is 8.86 Å². The number of hydrogen-bond acceptors (Lipinski definition) is 3. The van der Waals surface area contributed by atoms with Gasteiger partial charge in [-0.25, -0.2) is 0 Å². The second-order valence-electron chi connectivity index (χ2n) is 7.33. The lowest BCUT2D eigenvalue weighted by Gasteiger charge is -2.44. The van der Waals surface area contributed by atoms with Gasteiger partial charge in [-0.3, -0.25) is 13.7 Å². The molecule has 146 valence electrons. The Morgan fingerprint density at radius 2 is 1.38 bits per heavy atom. The number of hydrogen-bond donors (Lipinski definition) is 0. The highest BCUT2D eigenvalue weighted by Crippen LogP contribution is 2.37. The molecule has 4 aromatic rings. The molecule has 0 amide bonds. The van der Waals surface area contributed by atoms with E-state index in [9.17, 15) is 4.79 Å². The smallest absolute Gasteiger partial charge is 0.268 e. The van der Waals surface area contributed by atoms with E-state index >= 15 is 0 Å². The minimum atomic E-state index is 0.103. The van der Waals surface area contributed by atoms with Crippen LogP contribution in [0.4, 0.5) is 0 Å². The van der Waals surface area contributed by atoms with Crippen LogP contribution in [-0.2, 0) is 0 Å². The standard InChI is InChI=1S/C23H18Cl2N2OS/c24-17-9-5-15(6-10-17)22(16-7-11-18(25)12-8-16)26-13-19(14-26)27-23(28)20-3-1-2-4-21(20)29-27/h1-12,19,22H,13-14H2. The van der Waals surface area contributed by atoms with Crippen molar-refractivity contribution in [2.45, 2.75) is 12.1 Å². The Morgan fingerprint density at radius 3 is 1.93 bits per heavy atom. The first kappa shape index (κ1) is 18.9. The normalized spacial score (nSPS) is 15.1. The molecular weight excluding hydrogens is 423 g/mol. The summed E-state index contributed by atoms with van der Waals surface area (Å²) in [6.07, 6.45) is 0. The van der Waals surface area contributed by atoms with Crippen LogP contribution in [0.1, 0.15) is 23.2 Å². The summed E-state index contributed by atoms with van der Waals surface area (Å²) >= 11 is 13.8. The second kappa shape index (κ2) is 7.62. The molecule has 1 aliphatic heterocycles. The molecule has 0 bridgehead atoms. The van der Waals surface area contributed by atoms with E-state index in [0.29, 0.717) is 0 Å². The van der Waals surface area contributed by atoms with Gasteiger partial charge in [-0.2, -0.15) is 0 Å². The van der Waals surface area contributed by atoms with E-state index < -0.39 is 0 Å². The summed E-state index contributed by atoms with van der Waals surface area (Å²) in [4.78, 5) is 15.2. The van der Waals surface area contributed by atoms with Gasteiger partial charge in [-0.1, -0.05) is 71.1 Å². The molecule has 1 fully saturated rings. The van der Waals surface area contributed by atoms with Crippen molar-refractivity contribution in [3.8, 4) is 0 Å². The van der Waals surface area contributed by atoms with E-state index in [1.165, 1.54) is 11.1 Å². The third kappa shape index (κ3) is 3.51. The fourth-order valence-electron chi connectivity index (χ4n) is 3.98. The summed E-state index contributed by atoms with van der Waals surface area (Å²) < 4.78 is 2.98. The molecule has 0 radical (unpaired) electrons. The van der Waals surface area contributed by atoms with Gasteiger partial charge in [0.05, 0.1) is 22.2 Å². The Labute approximate surface area is 182 Å². The van der Waals surface area contributed by atoms with Crippen molar-refractivity contribution in [2.24, 2.45) is 0 Å². The van der Waals surface area contributed by atoms with Gasteiger partial charge >= 0.3 is 0 Å². The van der Waals surface area contributed by atoms with Crippen LogP contribution in [0.25, 0.3) is 10.1 Å². The molecule has 3 nitrogen and oxygen atoms in total. The van der Waals surface area contributed by atoms with E-state index in [1.54, 1.807) is 11.5 Å². The third-order valence-electron chi connectivity index (χ3n) is 5.47. The molecule has 0 unspecified atom stereocenters. The number of halogens is 2. The van der Waals surface area contributed by atoms with Crippen LogP contribution < -0.4 is 5.56 Å². The lowest BCUT2D eigenvalue weighted by atomic mass is 9.93. The van der Waals surface area contributed by atoms with Crippen molar-refractivity contribution in [3.63, 3.8) is 0 Å². The van der Waals surface area contributed by atoms with E-state index in [1.807, 2.05) is 52.5 Å². The lowest BCUT2D eigenvalue weighted by Crippen LogP contribution is -2.50. The van der Waals surface area contributed by atoms with Crippen LogP contribution in [0.3, 0.4) is 0 Å². The maximum Gasteiger partial charge on any atom is 0.268 e. The van der Waals surface area contributed by atoms with Crippen molar-refractivity contribution in [3.05, 3.63) is 104 Å². The molecule has 0 saturated carbocycles. The molecule has 5 rings (SSSR count). The molecular formula is C23H18Cl2N2OS. The molecule has 1 aliphatic rings. The average Bonchev–Trinajstić information content (AvgIpc) is 3.03. The van der Waals surface area contributed by atoms with Gasteiger partial charge in [-0.05, 0) is 47.5 Å². The Morgan fingerprint density at radius 1 is 0.828 bits per heavy atom. The van der Waals surface area contributed by atoms with Crippen LogP contribution in [-0.4, -0.2) is 21.9 Å². The monoisotopic (exact) mass is 440 g/mol. The Balaban J connectivity index is 1.45. The van der Waals surface area contributed by atoms with Crippen LogP contribution in [0, 0.1) is 0 Å².